The van der Waals surface area contributed by atoms with Gasteiger partial charge in [-0.05, 0) is 30.5 Å². The van der Waals surface area contributed by atoms with Crippen LogP contribution in [0.5, 0.6) is 5.75 Å². The summed E-state index contributed by atoms with van der Waals surface area (Å²) in [5.41, 5.74) is 1.64. The minimum Gasteiger partial charge on any atom is -0.497 e. The average Bonchev–Trinajstić information content (AvgIpc) is 3.04. The minimum absolute atomic E-state index is 0.0650. The van der Waals surface area contributed by atoms with Crippen molar-refractivity contribution in [1.82, 2.24) is 9.78 Å². The molecule has 0 saturated carbocycles. The predicted molar refractivity (Wildman–Crippen MR) is 86.6 cm³/mol. The van der Waals surface area contributed by atoms with Crippen LogP contribution in [0.25, 0.3) is 0 Å². The molecule has 122 valence electrons. The highest BCUT2D eigenvalue weighted by Crippen LogP contribution is 2.21. The quantitative estimate of drug-likeness (QED) is 0.920. The van der Waals surface area contributed by atoms with Gasteiger partial charge in [-0.3, -0.25) is 9.48 Å². The van der Waals surface area contributed by atoms with Crippen molar-refractivity contribution in [2.45, 2.75) is 25.3 Å². The van der Waals surface area contributed by atoms with Gasteiger partial charge in [-0.2, -0.15) is 5.10 Å². The number of carbonyl (C=O) groups is 1. The molecule has 1 aromatic carbocycles. The van der Waals surface area contributed by atoms with Crippen molar-refractivity contribution in [3.05, 3.63) is 42.2 Å². The SMILES string of the molecule is COc1cccc(CC(=O)Nc2cnn(C3CCOCC3)c2)c1. The number of nitrogens with one attached hydrogen (secondary N) is 1. The molecule has 1 N–H and O–H groups in total. The molecule has 1 aliphatic rings. The van der Waals surface area contributed by atoms with Gasteiger partial charge in [-0.15, -0.1) is 0 Å². The molecule has 1 aliphatic heterocycles. The summed E-state index contributed by atoms with van der Waals surface area (Å²) in [6.45, 7) is 1.53. The molecule has 0 bridgehead atoms. The lowest BCUT2D eigenvalue weighted by Crippen LogP contribution is -2.20. The Morgan fingerprint density at radius 3 is 3.04 bits per heavy atom. The van der Waals surface area contributed by atoms with E-state index in [1.54, 1.807) is 13.3 Å². The summed E-state index contributed by atoms with van der Waals surface area (Å²) in [7, 11) is 1.61. The lowest BCUT2D eigenvalue weighted by Gasteiger charge is -2.22. The Balaban J connectivity index is 1.58. The predicted octanol–water partition coefficient (Wildman–Crippen LogP) is 2.42. The molecule has 0 radical (unpaired) electrons. The van der Waals surface area contributed by atoms with E-state index in [0.29, 0.717) is 12.5 Å². The van der Waals surface area contributed by atoms with Crippen molar-refractivity contribution in [2.75, 3.05) is 25.6 Å². The number of methoxy groups -OCH3 is 1. The van der Waals surface area contributed by atoms with Crippen LogP contribution in [-0.4, -0.2) is 36.0 Å². The first kappa shape index (κ1) is 15.6. The second-order valence-electron chi connectivity index (χ2n) is 5.63. The number of aromatic nitrogens is 2. The molecule has 3 rings (SSSR count). The molecule has 2 aromatic rings. The summed E-state index contributed by atoms with van der Waals surface area (Å²) < 4.78 is 12.4. The van der Waals surface area contributed by atoms with E-state index in [0.717, 1.165) is 43.1 Å². The number of benzene rings is 1. The first-order valence-electron chi connectivity index (χ1n) is 7.79. The third kappa shape index (κ3) is 4.10. The van der Waals surface area contributed by atoms with Gasteiger partial charge in [0.1, 0.15) is 5.75 Å². The summed E-state index contributed by atoms with van der Waals surface area (Å²) in [6.07, 6.45) is 5.80. The van der Waals surface area contributed by atoms with Gasteiger partial charge in [-0.25, -0.2) is 0 Å². The number of hydrogen-bond donors (Lipinski definition) is 1. The van der Waals surface area contributed by atoms with Gasteiger partial charge in [0.05, 0.1) is 31.5 Å². The van der Waals surface area contributed by atoms with Crippen molar-refractivity contribution >= 4 is 11.6 Å². The first-order valence-corrected chi connectivity index (χ1v) is 7.79. The molecule has 6 nitrogen and oxygen atoms in total. The van der Waals surface area contributed by atoms with E-state index in [1.165, 1.54) is 0 Å². The standard InChI is InChI=1S/C17H21N3O3/c1-22-16-4-2-3-13(9-16)10-17(21)19-14-11-18-20(12-14)15-5-7-23-8-6-15/h2-4,9,11-12,15H,5-8,10H2,1H3,(H,19,21). The molecular weight excluding hydrogens is 294 g/mol. The van der Waals surface area contributed by atoms with Crippen LogP contribution in [0.3, 0.4) is 0 Å². The summed E-state index contributed by atoms with van der Waals surface area (Å²) in [5, 5.41) is 7.25. The molecule has 0 spiro atoms. The van der Waals surface area contributed by atoms with E-state index in [-0.39, 0.29) is 5.91 Å². The highest BCUT2D eigenvalue weighted by atomic mass is 16.5. The molecule has 1 saturated heterocycles. The monoisotopic (exact) mass is 315 g/mol. The number of amides is 1. The minimum atomic E-state index is -0.0650. The number of hydrogen-bond acceptors (Lipinski definition) is 4. The van der Waals surface area contributed by atoms with Gasteiger partial charge in [0.15, 0.2) is 0 Å². The van der Waals surface area contributed by atoms with Crippen molar-refractivity contribution in [2.24, 2.45) is 0 Å². The third-order valence-corrected chi connectivity index (χ3v) is 3.95. The van der Waals surface area contributed by atoms with Gasteiger partial charge < -0.3 is 14.8 Å². The molecule has 0 unspecified atom stereocenters. The lowest BCUT2D eigenvalue weighted by molar-refractivity contribution is -0.115. The fraction of sp³-hybridized carbons (Fsp3) is 0.412. The molecule has 23 heavy (non-hydrogen) atoms. The third-order valence-electron chi connectivity index (χ3n) is 3.95. The Bertz CT molecular complexity index is 663. The number of carbonyl (C=O) groups excluding carboxylic acids is 1. The number of ether oxygens (including phenoxy) is 2. The maximum Gasteiger partial charge on any atom is 0.228 e. The maximum absolute atomic E-state index is 12.2. The summed E-state index contributed by atoms with van der Waals surface area (Å²) in [4.78, 5) is 12.2. The van der Waals surface area contributed by atoms with E-state index >= 15 is 0 Å². The second-order valence-corrected chi connectivity index (χ2v) is 5.63. The highest BCUT2D eigenvalue weighted by Gasteiger charge is 2.17. The topological polar surface area (TPSA) is 65.4 Å². The van der Waals surface area contributed by atoms with Crippen molar-refractivity contribution in [3.63, 3.8) is 0 Å². The Kier molecular flexibility index (Phi) is 4.92. The van der Waals surface area contributed by atoms with E-state index in [9.17, 15) is 4.79 Å². The average molecular weight is 315 g/mol. The number of nitrogens with zero attached hydrogens (tertiary/aromatic N) is 2. The van der Waals surface area contributed by atoms with Gasteiger partial charge in [-0.1, -0.05) is 12.1 Å². The number of rotatable bonds is 5. The molecule has 1 aromatic heterocycles. The van der Waals surface area contributed by atoms with Crippen LogP contribution in [0, 0.1) is 0 Å². The van der Waals surface area contributed by atoms with Crippen LogP contribution in [0.4, 0.5) is 5.69 Å². The lowest BCUT2D eigenvalue weighted by atomic mass is 10.1. The van der Waals surface area contributed by atoms with Crippen molar-refractivity contribution in [1.29, 1.82) is 0 Å². The number of anilines is 1. The van der Waals surface area contributed by atoms with E-state index in [4.69, 9.17) is 9.47 Å². The van der Waals surface area contributed by atoms with Crippen molar-refractivity contribution in [3.8, 4) is 5.75 Å². The van der Waals surface area contributed by atoms with Crippen LogP contribution < -0.4 is 10.1 Å². The van der Waals surface area contributed by atoms with Gasteiger partial charge in [0, 0.05) is 19.4 Å². The Morgan fingerprint density at radius 1 is 1.43 bits per heavy atom. The van der Waals surface area contributed by atoms with Crippen LogP contribution >= 0.6 is 0 Å². The summed E-state index contributed by atoms with van der Waals surface area (Å²) >= 11 is 0. The molecule has 2 heterocycles. The van der Waals surface area contributed by atoms with Crippen molar-refractivity contribution < 1.29 is 14.3 Å². The molecule has 0 aliphatic carbocycles. The van der Waals surface area contributed by atoms with Crippen LogP contribution in [0.2, 0.25) is 0 Å². The largest absolute Gasteiger partial charge is 0.497 e. The molecule has 6 heteroatoms. The van der Waals surface area contributed by atoms with Crippen LogP contribution in [0.15, 0.2) is 36.7 Å². The smallest absolute Gasteiger partial charge is 0.228 e. The highest BCUT2D eigenvalue weighted by molar-refractivity contribution is 5.92. The normalized spacial score (nSPS) is 15.3. The van der Waals surface area contributed by atoms with Crippen LogP contribution in [-0.2, 0) is 16.0 Å². The summed E-state index contributed by atoms with van der Waals surface area (Å²) in [5.74, 6) is 0.687. The summed E-state index contributed by atoms with van der Waals surface area (Å²) in [6, 6.07) is 7.87. The van der Waals surface area contributed by atoms with E-state index in [1.807, 2.05) is 35.1 Å². The molecule has 0 atom stereocenters. The molecule has 1 amide bonds. The molecule has 1 fully saturated rings. The van der Waals surface area contributed by atoms with E-state index in [2.05, 4.69) is 10.4 Å². The maximum atomic E-state index is 12.2. The second kappa shape index (κ2) is 7.28. The van der Waals surface area contributed by atoms with Crippen LogP contribution in [0.1, 0.15) is 24.4 Å². The fourth-order valence-electron chi connectivity index (χ4n) is 2.72. The molecular formula is C17H21N3O3. The van der Waals surface area contributed by atoms with E-state index < -0.39 is 0 Å². The van der Waals surface area contributed by atoms with Gasteiger partial charge >= 0.3 is 0 Å². The fourth-order valence-corrected chi connectivity index (χ4v) is 2.72. The Morgan fingerprint density at radius 2 is 2.26 bits per heavy atom. The first-order chi connectivity index (χ1) is 11.2. The van der Waals surface area contributed by atoms with Gasteiger partial charge in [0.2, 0.25) is 5.91 Å². The van der Waals surface area contributed by atoms with Gasteiger partial charge in [0.25, 0.3) is 0 Å². The Hall–Kier alpha value is -2.34. The zero-order chi connectivity index (χ0) is 16.1. The zero-order valence-electron chi connectivity index (χ0n) is 13.2. The Labute approximate surface area is 135 Å². The zero-order valence-corrected chi connectivity index (χ0v) is 13.2.